The van der Waals surface area contributed by atoms with Crippen LogP contribution in [0.3, 0.4) is 0 Å². The second kappa shape index (κ2) is 6.45. The predicted molar refractivity (Wildman–Crippen MR) is 65.4 cm³/mol. The first-order valence-corrected chi connectivity index (χ1v) is 6.46. The van der Waals surface area contributed by atoms with Crippen LogP contribution in [-0.2, 0) is 4.79 Å². The normalized spacial score (nSPS) is 18.5. The molecule has 0 aliphatic carbocycles. The zero-order chi connectivity index (χ0) is 11.3. The van der Waals surface area contributed by atoms with Crippen LogP contribution < -0.4 is 0 Å². The Morgan fingerprint density at radius 3 is 2.33 bits per heavy atom. The molecule has 0 saturated carbocycles. The van der Waals surface area contributed by atoms with Gasteiger partial charge in [-0.15, -0.1) is 0 Å². The zero-order valence-corrected chi connectivity index (χ0v) is 11.2. The van der Waals surface area contributed by atoms with Gasteiger partial charge >= 0.3 is 0 Å². The lowest BCUT2D eigenvalue weighted by molar-refractivity contribution is -0.129. The smallest absolute Gasteiger partial charge is 0.233 e. The van der Waals surface area contributed by atoms with Gasteiger partial charge in [-0.05, 0) is 14.1 Å². The Hall–Kier alpha value is -0.130. The number of amides is 1. The molecule has 15 heavy (non-hydrogen) atoms. The average molecular weight is 278 g/mol. The summed E-state index contributed by atoms with van der Waals surface area (Å²) in [6, 6.07) is 0. The third-order valence-corrected chi connectivity index (χ3v) is 3.18. The summed E-state index contributed by atoms with van der Waals surface area (Å²) in [6.07, 6.45) is 0. The standard InChI is InChI=1S/C10H20BrN3O/c1-12(2)3-4-13-5-7-14(8-6-13)10(15)9-11/h3-9H2,1-2H3. The quantitative estimate of drug-likeness (QED) is 0.682. The van der Waals surface area contributed by atoms with E-state index in [1.165, 1.54) is 0 Å². The number of hydrogen-bond acceptors (Lipinski definition) is 3. The summed E-state index contributed by atoms with van der Waals surface area (Å²) >= 11 is 3.20. The fraction of sp³-hybridized carbons (Fsp3) is 0.900. The minimum atomic E-state index is 0.210. The van der Waals surface area contributed by atoms with Crippen molar-refractivity contribution in [3.05, 3.63) is 0 Å². The van der Waals surface area contributed by atoms with Gasteiger partial charge in [0.15, 0.2) is 0 Å². The van der Waals surface area contributed by atoms with Gasteiger partial charge in [0.25, 0.3) is 0 Å². The van der Waals surface area contributed by atoms with Crippen LogP contribution >= 0.6 is 15.9 Å². The highest BCUT2D eigenvalue weighted by molar-refractivity contribution is 9.09. The zero-order valence-electron chi connectivity index (χ0n) is 9.58. The second-order valence-corrected chi connectivity index (χ2v) is 4.72. The molecule has 1 aliphatic rings. The number of carbonyl (C=O) groups is 1. The van der Waals surface area contributed by atoms with E-state index < -0.39 is 0 Å². The molecule has 0 radical (unpaired) electrons. The van der Waals surface area contributed by atoms with E-state index in [-0.39, 0.29) is 5.91 Å². The Morgan fingerprint density at radius 1 is 1.27 bits per heavy atom. The first-order valence-electron chi connectivity index (χ1n) is 5.34. The van der Waals surface area contributed by atoms with Gasteiger partial charge in [0.2, 0.25) is 5.91 Å². The van der Waals surface area contributed by atoms with E-state index in [0.29, 0.717) is 5.33 Å². The molecule has 0 bridgehead atoms. The summed E-state index contributed by atoms with van der Waals surface area (Å²) in [6.45, 7) is 5.95. The molecule has 0 spiro atoms. The van der Waals surface area contributed by atoms with E-state index in [4.69, 9.17) is 0 Å². The first-order chi connectivity index (χ1) is 7.13. The van der Waals surface area contributed by atoms with E-state index in [1.54, 1.807) is 0 Å². The summed E-state index contributed by atoms with van der Waals surface area (Å²) < 4.78 is 0. The molecule has 1 aliphatic heterocycles. The lowest BCUT2D eigenvalue weighted by Crippen LogP contribution is -2.50. The van der Waals surface area contributed by atoms with Gasteiger partial charge in [0.05, 0.1) is 5.33 Å². The minimum Gasteiger partial charge on any atom is -0.339 e. The summed E-state index contributed by atoms with van der Waals surface area (Å²) in [5, 5.41) is 0.449. The third kappa shape index (κ3) is 4.49. The largest absolute Gasteiger partial charge is 0.339 e. The maximum absolute atomic E-state index is 11.4. The van der Waals surface area contributed by atoms with Gasteiger partial charge < -0.3 is 9.80 Å². The second-order valence-electron chi connectivity index (χ2n) is 4.16. The lowest BCUT2D eigenvalue weighted by atomic mass is 10.3. The van der Waals surface area contributed by atoms with E-state index in [2.05, 4.69) is 39.8 Å². The number of halogens is 1. The fourth-order valence-corrected chi connectivity index (χ4v) is 2.00. The van der Waals surface area contributed by atoms with E-state index >= 15 is 0 Å². The summed E-state index contributed by atoms with van der Waals surface area (Å²) in [4.78, 5) is 17.9. The van der Waals surface area contributed by atoms with Crippen LogP contribution in [-0.4, -0.2) is 79.3 Å². The molecule has 0 aromatic heterocycles. The van der Waals surface area contributed by atoms with E-state index in [9.17, 15) is 4.79 Å². The van der Waals surface area contributed by atoms with Crippen LogP contribution in [0.5, 0.6) is 0 Å². The molecule has 88 valence electrons. The van der Waals surface area contributed by atoms with Crippen LogP contribution in [0.15, 0.2) is 0 Å². The van der Waals surface area contributed by atoms with Gasteiger partial charge in [-0.1, -0.05) is 15.9 Å². The minimum absolute atomic E-state index is 0.210. The van der Waals surface area contributed by atoms with Crippen molar-refractivity contribution in [3.8, 4) is 0 Å². The fourth-order valence-electron chi connectivity index (χ4n) is 1.65. The molecule has 0 atom stereocenters. The molecule has 0 unspecified atom stereocenters. The van der Waals surface area contributed by atoms with Crippen molar-refractivity contribution in [2.45, 2.75) is 0 Å². The maximum atomic E-state index is 11.4. The summed E-state index contributed by atoms with van der Waals surface area (Å²) in [5.74, 6) is 0.210. The van der Waals surface area contributed by atoms with Gasteiger partial charge in [0, 0.05) is 39.3 Å². The molecule has 0 N–H and O–H groups in total. The topological polar surface area (TPSA) is 26.8 Å². The number of carbonyl (C=O) groups excluding carboxylic acids is 1. The Bertz CT molecular complexity index is 203. The number of rotatable bonds is 4. The Morgan fingerprint density at radius 2 is 1.87 bits per heavy atom. The molecule has 1 fully saturated rings. The number of likely N-dealkylation sites (N-methyl/N-ethyl adjacent to an activating group) is 1. The van der Waals surface area contributed by atoms with Gasteiger partial charge in [0.1, 0.15) is 0 Å². The Balaban J connectivity index is 2.21. The van der Waals surface area contributed by atoms with Crippen molar-refractivity contribution in [3.63, 3.8) is 0 Å². The number of piperazine rings is 1. The van der Waals surface area contributed by atoms with Crippen LogP contribution in [0.25, 0.3) is 0 Å². The highest BCUT2D eigenvalue weighted by Gasteiger charge is 2.19. The van der Waals surface area contributed by atoms with Crippen molar-refractivity contribution in [2.75, 3.05) is 58.7 Å². The number of nitrogens with zero attached hydrogens (tertiary/aromatic N) is 3. The Labute approximate surface area is 100 Å². The predicted octanol–water partition coefficient (Wildman–Crippen LogP) is 0.0871. The van der Waals surface area contributed by atoms with E-state index in [0.717, 1.165) is 39.3 Å². The van der Waals surface area contributed by atoms with Crippen LogP contribution in [0.2, 0.25) is 0 Å². The summed E-state index contributed by atoms with van der Waals surface area (Å²) in [5.41, 5.74) is 0. The molecule has 5 heteroatoms. The van der Waals surface area contributed by atoms with Gasteiger partial charge in [-0.2, -0.15) is 0 Å². The maximum Gasteiger partial charge on any atom is 0.233 e. The molecule has 1 saturated heterocycles. The molecule has 1 heterocycles. The average Bonchev–Trinajstić information content (AvgIpc) is 2.26. The Kier molecular flexibility index (Phi) is 5.56. The van der Waals surface area contributed by atoms with Crippen molar-refractivity contribution in [2.24, 2.45) is 0 Å². The third-order valence-electron chi connectivity index (χ3n) is 2.70. The molecule has 4 nitrogen and oxygen atoms in total. The van der Waals surface area contributed by atoms with Crippen LogP contribution in [0.4, 0.5) is 0 Å². The SMILES string of the molecule is CN(C)CCN1CCN(C(=O)CBr)CC1. The van der Waals surface area contributed by atoms with Crippen molar-refractivity contribution in [1.29, 1.82) is 0 Å². The molecular formula is C10H20BrN3O. The molecule has 1 rings (SSSR count). The van der Waals surface area contributed by atoms with Crippen molar-refractivity contribution in [1.82, 2.24) is 14.7 Å². The highest BCUT2D eigenvalue weighted by Crippen LogP contribution is 2.03. The first kappa shape index (κ1) is 12.9. The van der Waals surface area contributed by atoms with Gasteiger partial charge in [-0.25, -0.2) is 0 Å². The van der Waals surface area contributed by atoms with E-state index in [1.807, 2.05) is 4.90 Å². The van der Waals surface area contributed by atoms with Crippen molar-refractivity contribution < 1.29 is 4.79 Å². The van der Waals surface area contributed by atoms with Crippen LogP contribution in [0.1, 0.15) is 0 Å². The number of alkyl halides is 1. The molecule has 0 aromatic rings. The lowest BCUT2D eigenvalue weighted by Gasteiger charge is -2.34. The molecule has 0 aromatic carbocycles. The highest BCUT2D eigenvalue weighted by atomic mass is 79.9. The van der Waals surface area contributed by atoms with Crippen LogP contribution in [0, 0.1) is 0 Å². The van der Waals surface area contributed by atoms with Crippen molar-refractivity contribution >= 4 is 21.8 Å². The molecular weight excluding hydrogens is 258 g/mol. The van der Waals surface area contributed by atoms with Gasteiger partial charge in [-0.3, -0.25) is 9.69 Å². The number of hydrogen-bond donors (Lipinski definition) is 0. The molecule has 1 amide bonds. The summed E-state index contributed by atoms with van der Waals surface area (Å²) in [7, 11) is 4.18. The monoisotopic (exact) mass is 277 g/mol.